The second-order valence-corrected chi connectivity index (χ2v) is 3.95. The fourth-order valence-corrected chi connectivity index (χ4v) is 1.51. The molecule has 3 N–H and O–H groups in total. The van der Waals surface area contributed by atoms with Crippen molar-refractivity contribution in [1.82, 2.24) is 5.43 Å². The number of primary amides is 1. The molecule has 7 heteroatoms. The number of hydrogen-bond donors (Lipinski definition) is 2. The van der Waals surface area contributed by atoms with Crippen molar-refractivity contribution >= 4 is 12.2 Å². The first-order valence-corrected chi connectivity index (χ1v) is 5.86. The number of urea groups is 1. The fourth-order valence-electron chi connectivity index (χ4n) is 1.51. The highest BCUT2D eigenvalue weighted by Gasteiger charge is 2.06. The Morgan fingerprint density at radius 1 is 1.19 bits per heavy atom. The van der Waals surface area contributed by atoms with Gasteiger partial charge in [0.2, 0.25) is 0 Å². The minimum Gasteiger partial charge on any atom is -0.457 e. The molecule has 0 saturated heterocycles. The van der Waals surface area contributed by atoms with Gasteiger partial charge >= 0.3 is 6.03 Å². The molecule has 21 heavy (non-hydrogen) atoms. The minimum absolute atomic E-state index is 0.137. The first-order valence-electron chi connectivity index (χ1n) is 5.86. The van der Waals surface area contributed by atoms with Crippen LogP contribution >= 0.6 is 0 Å². The lowest BCUT2D eigenvalue weighted by molar-refractivity contribution is 0.249. The summed E-state index contributed by atoms with van der Waals surface area (Å²) in [4.78, 5) is 10.5. The molecule has 0 aromatic heterocycles. The molecule has 0 heterocycles. The van der Waals surface area contributed by atoms with Gasteiger partial charge in [-0.1, -0.05) is 12.1 Å². The quantitative estimate of drug-likeness (QED) is 0.671. The lowest BCUT2D eigenvalue weighted by Gasteiger charge is -2.08. The number of hydrazone groups is 1. The van der Waals surface area contributed by atoms with Crippen molar-refractivity contribution in [2.24, 2.45) is 10.8 Å². The van der Waals surface area contributed by atoms with Gasteiger partial charge < -0.3 is 10.5 Å². The van der Waals surface area contributed by atoms with Gasteiger partial charge in [0.15, 0.2) is 11.6 Å². The predicted octanol–water partition coefficient (Wildman–Crippen LogP) is 2.76. The Hall–Kier alpha value is -2.96. The van der Waals surface area contributed by atoms with Gasteiger partial charge in [0.1, 0.15) is 11.5 Å². The summed E-state index contributed by atoms with van der Waals surface area (Å²) in [5, 5.41) is 3.61. The van der Waals surface area contributed by atoms with Gasteiger partial charge in [0, 0.05) is 11.6 Å². The van der Waals surface area contributed by atoms with Crippen LogP contribution in [0, 0.1) is 11.6 Å². The normalized spacial score (nSPS) is 10.6. The zero-order valence-corrected chi connectivity index (χ0v) is 10.7. The highest BCUT2D eigenvalue weighted by molar-refractivity contribution is 5.84. The average molecular weight is 291 g/mol. The van der Waals surface area contributed by atoms with Gasteiger partial charge in [-0.05, 0) is 24.3 Å². The summed E-state index contributed by atoms with van der Waals surface area (Å²) < 4.78 is 31.4. The molecule has 5 nitrogen and oxygen atoms in total. The number of nitrogens with two attached hydrogens (primary N) is 1. The molecule has 0 atom stereocenters. The highest BCUT2D eigenvalue weighted by Crippen LogP contribution is 2.25. The van der Waals surface area contributed by atoms with E-state index in [1.54, 1.807) is 24.3 Å². The summed E-state index contributed by atoms with van der Waals surface area (Å²) in [5.74, 6) is -1.46. The largest absolute Gasteiger partial charge is 0.457 e. The van der Waals surface area contributed by atoms with Crippen LogP contribution in [0.15, 0.2) is 47.6 Å². The fraction of sp³-hybridized carbons (Fsp3) is 0. The summed E-state index contributed by atoms with van der Waals surface area (Å²) >= 11 is 0. The smallest absolute Gasteiger partial charge is 0.332 e. The van der Waals surface area contributed by atoms with Crippen molar-refractivity contribution in [2.45, 2.75) is 0 Å². The van der Waals surface area contributed by atoms with Crippen LogP contribution in [0.1, 0.15) is 5.56 Å². The van der Waals surface area contributed by atoms with Gasteiger partial charge in [-0.25, -0.2) is 19.0 Å². The SMILES string of the molecule is NC(=O)NN=Cc1ccccc1Oc1ccc(F)c(F)c1. The van der Waals surface area contributed by atoms with Crippen molar-refractivity contribution in [1.29, 1.82) is 0 Å². The van der Waals surface area contributed by atoms with Gasteiger partial charge in [-0.2, -0.15) is 5.10 Å². The van der Waals surface area contributed by atoms with E-state index in [0.29, 0.717) is 11.3 Å². The summed E-state index contributed by atoms with van der Waals surface area (Å²) in [5.41, 5.74) is 7.45. The van der Waals surface area contributed by atoms with Crippen LogP contribution in [-0.2, 0) is 0 Å². The summed E-state index contributed by atoms with van der Waals surface area (Å²) in [7, 11) is 0. The molecule has 2 aromatic rings. The molecule has 0 fully saturated rings. The van der Waals surface area contributed by atoms with E-state index in [2.05, 4.69) is 5.10 Å². The molecule has 0 unspecified atom stereocenters. The Kier molecular flexibility index (Phi) is 4.45. The van der Waals surface area contributed by atoms with Gasteiger partial charge in [0.25, 0.3) is 0 Å². The number of carbonyl (C=O) groups is 1. The Labute approximate surface area is 119 Å². The zero-order valence-electron chi connectivity index (χ0n) is 10.7. The average Bonchev–Trinajstić information content (AvgIpc) is 2.44. The second kappa shape index (κ2) is 6.47. The number of benzene rings is 2. The monoisotopic (exact) mass is 291 g/mol. The lowest BCUT2D eigenvalue weighted by atomic mass is 10.2. The van der Waals surface area contributed by atoms with Crippen LogP contribution in [0.3, 0.4) is 0 Å². The highest BCUT2D eigenvalue weighted by atomic mass is 19.2. The van der Waals surface area contributed by atoms with Gasteiger partial charge in [0.05, 0.1) is 6.21 Å². The van der Waals surface area contributed by atoms with Crippen molar-refractivity contribution in [2.75, 3.05) is 0 Å². The second-order valence-electron chi connectivity index (χ2n) is 3.95. The number of nitrogens with one attached hydrogen (secondary N) is 1. The van der Waals surface area contributed by atoms with Crippen LogP contribution in [0.25, 0.3) is 0 Å². The molecule has 2 aromatic carbocycles. The number of amides is 2. The molecule has 2 rings (SSSR count). The molecule has 2 amide bonds. The molecule has 0 bridgehead atoms. The topological polar surface area (TPSA) is 76.7 Å². The van der Waals surface area contributed by atoms with E-state index < -0.39 is 17.7 Å². The van der Waals surface area contributed by atoms with Crippen LogP contribution in [0.4, 0.5) is 13.6 Å². The first kappa shape index (κ1) is 14.4. The Morgan fingerprint density at radius 3 is 2.67 bits per heavy atom. The third-order valence-electron chi connectivity index (χ3n) is 2.42. The van der Waals surface area contributed by atoms with E-state index >= 15 is 0 Å². The van der Waals surface area contributed by atoms with Crippen LogP contribution in [-0.4, -0.2) is 12.2 Å². The zero-order chi connectivity index (χ0) is 15.2. The molecule has 0 spiro atoms. The van der Waals surface area contributed by atoms with E-state index in [0.717, 1.165) is 12.1 Å². The molecule has 0 aliphatic rings. The maximum absolute atomic E-state index is 13.1. The molecule has 0 saturated carbocycles. The van der Waals surface area contributed by atoms with Gasteiger partial charge in [-0.15, -0.1) is 0 Å². The number of rotatable bonds is 4. The van der Waals surface area contributed by atoms with Crippen molar-refractivity contribution in [3.8, 4) is 11.5 Å². The number of carbonyl (C=O) groups excluding carboxylic acids is 1. The number of nitrogens with zero attached hydrogens (tertiary/aromatic N) is 1. The summed E-state index contributed by atoms with van der Waals surface area (Å²) in [6.45, 7) is 0. The maximum Gasteiger partial charge on any atom is 0.332 e. The molecule has 108 valence electrons. The van der Waals surface area contributed by atoms with E-state index in [1.807, 2.05) is 5.43 Å². The number of halogens is 2. The summed E-state index contributed by atoms with van der Waals surface area (Å²) in [6.07, 6.45) is 1.32. The molecule has 0 aliphatic carbocycles. The number of hydrogen-bond acceptors (Lipinski definition) is 3. The van der Waals surface area contributed by atoms with Gasteiger partial charge in [-0.3, -0.25) is 0 Å². The maximum atomic E-state index is 13.1. The van der Waals surface area contributed by atoms with E-state index in [-0.39, 0.29) is 5.75 Å². The third kappa shape index (κ3) is 4.00. The minimum atomic E-state index is -1.01. The third-order valence-corrected chi connectivity index (χ3v) is 2.42. The summed E-state index contributed by atoms with van der Waals surface area (Å²) in [6, 6.07) is 9.12. The first-order chi connectivity index (χ1) is 10.1. The van der Waals surface area contributed by atoms with E-state index in [4.69, 9.17) is 10.5 Å². The van der Waals surface area contributed by atoms with E-state index in [1.165, 1.54) is 12.3 Å². The molecular weight excluding hydrogens is 280 g/mol. The van der Waals surface area contributed by atoms with Crippen LogP contribution < -0.4 is 15.9 Å². The van der Waals surface area contributed by atoms with Crippen LogP contribution in [0.5, 0.6) is 11.5 Å². The molecule has 0 aliphatic heterocycles. The standard InChI is InChI=1S/C14H11F2N3O2/c15-11-6-5-10(7-12(11)16)21-13-4-2-1-3-9(13)8-18-19-14(17)20/h1-8H,(H3,17,19,20). The Balaban J connectivity index is 2.21. The lowest BCUT2D eigenvalue weighted by Crippen LogP contribution is -2.24. The van der Waals surface area contributed by atoms with E-state index in [9.17, 15) is 13.6 Å². The van der Waals surface area contributed by atoms with Crippen molar-refractivity contribution in [3.05, 3.63) is 59.7 Å². The number of ether oxygens (including phenoxy) is 1. The Morgan fingerprint density at radius 2 is 1.95 bits per heavy atom. The van der Waals surface area contributed by atoms with Crippen molar-refractivity contribution < 1.29 is 18.3 Å². The predicted molar refractivity (Wildman–Crippen MR) is 73.2 cm³/mol. The van der Waals surface area contributed by atoms with Crippen LogP contribution in [0.2, 0.25) is 0 Å². The molecular formula is C14H11F2N3O2. The van der Waals surface area contributed by atoms with Crippen molar-refractivity contribution in [3.63, 3.8) is 0 Å². The Bertz CT molecular complexity index is 690. The molecule has 0 radical (unpaired) electrons. The number of para-hydroxylation sites is 1.